The van der Waals surface area contributed by atoms with E-state index in [1.165, 1.54) is 18.3 Å². The second-order valence-corrected chi connectivity index (χ2v) is 3.91. The number of aryl methyl sites for hydroxylation is 1. The molecular formula is C11H12FN5O2. The van der Waals surface area contributed by atoms with E-state index in [0.29, 0.717) is 18.7 Å². The Morgan fingerprint density at radius 1 is 1.47 bits per heavy atom. The topological polar surface area (TPSA) is 99.9 Å². The number of hydrogen-bond donors (Lipinski definition) is 1. The molecule has 1 aromatic heterocycles. The standard InChI is InChI=1S/C11H12FN5O2/c12-9-4-1-5-10(17(18)19)11(9)16-7-8(14-15-16)3-2-6-13/h1,4-5,7H,2-3,6,13H2. The largest absolute Gasteiger partial charge is 0.330 e. The van der Waals surface area contributed by atoms with Crippen LogP contribution in [0.25, 0.3) is 5.69 Å². The molecule has 1 aromatic carbocycles. The fraction of sp³-hybridized carbons (Fsp3) is 0.273. The van der Waals surface area contributed by atoms with Crippen molar-refractivity contribution in [1.29, 1.82) is 0 Å². The van der Waals surface area contributed by atoms with Crippen LogP contribution in [-0.2, 0) is 6.42 Å². The number of nitro groups is 1. The summed E-state index contributed by atoms with van der Waals surface area (Å²) in [6.45, 7) is 0.507. The highest BCUT2D eigenvalue weighted by Gasteiger charge is 2.20. The Labute approximate surface area is 108 Å². The highest BCUT2D eigenvalue weighted by Crippen LogP contribution is 2.24. The molecular weight excluding hydrogens is 253 g/mol. The predicted octanol–water partition coefficient (Wildman–Crippen LogP) is 1.21. The van der Waals surface area contributed by atoms with Crippen molar-refractivity contribution >= 4 is 5.69 Å². The van der Waals surface area contributed by atoms with Crippen molar-refractivity contribution in [3.63, 3.8) is 0 Å². The Bertz CT molecular complexity index is 599. The lowest BCUT2D eigenvalue weighted by molar-refractivity contribution is -0.384. The van der Waals surface area contributed by atoms with E-state index < -0.39 is 10.7 Å². The van der Waals surface area contributed by atoms with Gasteiger partial charge in [0.25, 0.3) is 5.69 Å². The minimum Gasteiger partial charge on any atom is -0.330 e. The highest BCUT2D eigenvalue weighted by molar-refractivity contribution is 5.52. The molecule has 0 radical (unpaired) electrons. The summed E-state index contributed by atoms with van der Waals surface area (Å²) < 4.78 is 14.8. The van der Waals surface area contributed by atoms with Gasteiger partial charge in [-0.15, -0.1) is 5.10 Å². The lowest BCUT2D eigenvalue weighted by Gasteiger charge is -2.02. The van der Waals surface area contributed by atoms with Crippen LogP contribution in [0.1, 0.15) is 12.1 Å². The van der Waals surface area contributed by atoms with Gasteiger partial charge in [-0.2, -0.15) is 0 Å². The van der Waals surface area contributed by atoms with Crippen molar-refractivity contribution in [2.75, 3.05) is 6.54 Å². The van der Waals surface area contributed by atoms with Gasteiger partial charge in [-0.1, -0.05) is 11.3 Å². The first-order chi connectivity index (χ1) is 9.13. The van der Waals surface area contributed by atoms with Crippen LogP contribution in [0, 0.1) is 15.9 Å². The maximum absolute atomic E-state index is 13.7. The second kappa shape index (κ2) is 5.53. The van der Waals surface area contributed by atoms with Crippen LogP contribution in [0.4, 0.5) is 10.1 Å². The summed E-state index contributed by atoms with van der Waals surface area (Å²) in [5.74, 6) is -0.718. The van der Waals surface area contributed by atoms with Gasteiger partial charge in [-0.05, 0) is 25.5 Å². The Kier molecular flexibility index (Phi) is 3.81. The number of benzene rings is 1. The average molecular weight is 265 g/mol. The average Bonchev–Trinajstić information content (AvgIpc) is 2.84. The van der Waals surface area contributed by atoms with E-state index >= 15 is 0 Å². The third-order valence-electron chi connectivity index (χ3n) is 2.57. The van der Waals surface area contributed by atoms with Gasteiger partial charge >= 0.3 is 0 Å². The first-order valence-corrected chi connectivity index (χ1v) is 5.68. The zero-order valence-electron chi connectivity index (χ0n) is 9.99. The van der Waals surface area contributed by atoms with Crippen LogP contribution >= 0.6 is 0 Å². The SMILES string of the molecule is NCCCc1cn(-c2c(F)cccc2[N+](=O)[O-])nn1. The zero-order chi connectivity index (χ0) is 13.8. The zero-order valence-corrected chi connectivity index (χ0v) is 9.99. The lowest BCUT2D eigenvalue weighted by Crippen LogP contribution is -2.03. The summed E-state index contributed by atoms with van der Waals surface area (Å²) in [5, 5.41) is 18.5. The number of nitrogens with two attached hydrogens (primary N) is 1. The number of nitro benzene ring substituents is 1. The molecule has 2 aromatic rings. The van der Waals surface area contributed by atoms with Crippen LogP contribution < -0.4 is 5.73 Å². The minimum atomic E-state index is -0.718. The monoisotopic (exact) mass is 265 g/mol. The minimum absolute atomic E-state index is 0.209. The molecule has 7 nitrogen and oxygen atoms in total. The maximum atomic E-state index is 13.7. The van der Waals surface area contributed by atoms with E-state index in [-0.39, 0.29) is 11.4 Å². The Morgan fingerprint density at radius 3 is 2.95 bits per heavy atom. The summed E-state index contributed by atoms with van der Waals surface area (Å²) in [7, 11) is 0. The molecule has 0 bridgehead atoms. The number of rotatable bonds is 5. The number of para-hydroxylation sites is 1. The molecule has 0 aliphatic rings. The lowest BCUT2D eigenvalue weighted by atomic mass is 10.2. The molecule has 0 aliphatic carbocycles. The molecule has 0 atom stereocenters. The molecule has 100 valence electrons. The van der Waals surface area contributed by atoms with Crippen LogP contribution in [0.15, 0.2) is 24.4 Å². The van der Waals surface area contributed by atoms with E-state index in [4.69, 9.17) is 5.73 Å². The van der Waals surface area contributed by atoms with E-state index in [1.54, 1.807) is 0 Å². The van der Waals surface area contributed by atoms with E-state index in [0.717, 1.165) is 17.2 Å². The van der Waals surface area contributed by atoms with Crippen LogP contribution in [0.5, 0.6) is 0 Å². The molecule has 1 heterocycles. The summed E-state index contributed by atoms with van der Waals surface area (Å²) >= 11 is 0. The summed E-state index contributed by atoms with van der Waals surface area (Å²) in [6, 6.07) is 3.65. The highest BCUT2D eigenvalue weighted by atomic mass is 19.1. The summed E-state index contributed by atoms with van der Waals surface area (Å²) in [5.41, 5.74) is 5.43. The first kappa shape index (κ1) is 13.1. The normalized spacial score (nSPS) is 10.6. The maximum Gasteiger partial charge on any atom is 0.297 e. The Hall–Kier alpha value is -2.35. The summed E-state index contributed by atoms with van der Waals surface area (Å²) in [4.78, 5) is 10.2. The molecule has 0 aliphatic heterocycles. The number of aromatic nitrogens is 3. The first-order valence-electron chi connectivity index (χ1n) is 5.68. The Morgan fingerprint density at radius 2 is 2.26 bits per heavy atom. The van der Waals surface area contributed by atoms with Crippen LogP contribution in [-0.4, -0.2) is 26.5 Å². The molecule has 2 rings (SSSR count). The van der Waals surface area contributed by atoms with Crippen molar-refractivity contribution in [1.82, 2.24) is 15.0 Å². The van der Waals surface area contributed by atoms with E-state index in [1.807, 2.05) is 0 Å². The van der Waals surface area contributed by atoms with Crippen LogP contribution in [0.2, 0.25) is 0 Å². The predicted molar refractivity (Wildman–Crippen MR) is 65.3 cm³/mol. The van der Waals surface area contributed by atoms with Gasteiger partial charge in [0.15, 0.2) is 11.5 Å². The third-order valence-corrected chi connectivity index (χ3v) is 2.57. The fourth-order valence-electron chi connectivity index (χ4n) is 1.68. The molecule has 0 saturated carbocycles. The van der Waals surface area contributed by atoms with E-state index in [2.05, 4.69) is 10.3 Å². The van der Waals surface area contributed by atoms with Gasteiger partial charge in [0.05, 0.1) is 16.8 Å². The van der Waals surface area contributed by atoms with Crippen molar-refractivity contribution in [3.8, 4) is 5.69 Å². The molecule has 8 heteroatoms. The molecule has 0 saturated heterocycles. The van der Waals surface area contributed by atoms with E-state index in [9.17, 15) is 14.5 Å². The summed E-state index contributed by atoms with van der Waals surface area (Å²) in [6.07, 6.45) is 2.79. The molecule has 19 heavy (non-hydrogen) atoms. The molecule has 0 amide bonds. The Balaban J connectivity index is 2.41. The number of halogens is 1. The third kappa shape index (κ3) is 2.74. The molecule has 0 unspecified atom stereocenters. The van der Waals surface area contributed by atoms with Crippen LogP contribution in [0.3, 0.4) is 0 Å². The molecule has 0 spiro atoms. The smallest absolute Gasteiger partial charge is 0.297 e. The molecule has 2 N–H and O–H groups in total. The van der Waals surface area contributed by atoms with Gasteiger partial charge in [0.2, 0.25) is 0 Å². The van der Waals surface area contributed by atoms with Crippen molar-refractivity contribution in [3.05, 3.63) is 46.0 Å². The van der Waals surface area contributed by atoms with Gasteiger partial charge in [0, 0.05) is 6.07 Å². The van der Waals surface area contributed by atoms with Gasteiger partial charge in [-0.3, -0.25) is 10.1 Å². The van der Waals surface area contributed by atoms with Gasteiger partial charge in [-0.25, -0.2) is 9.07 Å². The van der Waals surface area contributed by atoms with Gasteiger partial charge in [0.1, 0.15) is 0 Å². The fourth-order valence-corrected chi connectivity index (χ4v) is 1.68. The van der Waals surface area contributed by atoms with Crippen molar-refractivity contribution in [2.24, 2.45) is 5.73 Å². The molecule has 0 fully saturated rings. The quantitative estimate of drug-likeness (QED) is 0.646. The second-order valence-electron chi connectivity index (χ2n) is 3.91. The van der Waals surface area contributed by atoms with Gasteiger partial charge < -0.3 is 5.73 Å². The number of hydrogen-bond acceptors (Lipinski definition) is 5. The number of nitrogens with zero attached hydrogens (tertiary/aromatic N) is 4. The van der Waals surface area contributed by atoms with Crippen molar-refractivity contribution in [2.45, 2.75) is 12.8 Å². The van der Waals surface area contributed by atoms with Crippen molar-refractivity contribution < 1.29 is 9.31 Å².